The van der Waals surface area contributed by atoms with E-state index in [1.54, 1.807) is 0 Å². The fourth-order valence-electron chi connectivity index (χ4n) is 4.39. The first-order valence-electron chi connectivity index (χ1n) is 9.76. The molecule has 2 amide bonds. The molecular formula is C20H28ClN3O2S. The first-order valence-corrected chi connectivity index (χ1v) is 10.7. The molecule has 0 spiro atoms. The lowest BCUT2D eigenvalue weighted by Gasteiger charge is -2.46. The SMILES string of the molecule is Cl.O=C1CSC(=O)N1CCCCCN1CCN2c3ccccc3CCC2C1. The molecule has 3 aliphatic heterocycles. The molecule has 1 unspecified atom stereocenters. The molecule has 0 aliphatic carbocycles. The highest BCUT2D eigenvalue weighted by Gasteiger charge is 2.31. The van der Waals surface area contributed by atoms with Crippen LogP contribution in [0.15, 0.2) is 24.3 Å². The number of amides is 2. The van der Waals surface area contributed by atoms with Crippen molar-refractivity contribution in [2.45, 2.75) is 38.1 Å². The van der Waals surface area contributed by atoms with Crippen molar-refractivity contribution in [1.82, 2.24) is 9.80 Å². The number of carbonyl (C=O) groups excluding carboxylic acids is 2. The maximum absolute atomic E-state index is 11.6. The summed E-state index contributed by atoms with van der Waals surface area (Å²) in [4.78, 5) is 29.8. The quantitative estimate of drug-likeness (QED) is 0.673. The molecule has 1 aromatic carbocycles. The fourth-order valence-corrected chi connectivity index (χ4v) is 5.14. The zero-order valence-electron chi connectivity index (χ0n) is 15.6. The molecule has 3 heterocycles. The van der Waals surface area contributed by atoms with E-state index >= 15 is 0 Å². The predicted molar refractivity (Wildman–Crippen MR) is 113 cm³/mol. The fraction of sp³-hybridized carbons (Fsp3) is 0.600. The summed E-state index contributed by atoms with van der Waals surface area (Å²) >= 11 is 1.13. The molecule has 3 aliphatic rings. The number of benzene rings is 1. The summed E-state index contributed by atoms with van der Waals surface area (Å²) in [6.45, 7) is 5.13. The Labute approximate surface area is 171 Å². The maximum atomic E-state index is 11.6. The van der Waals surface area contributed by atoms with E-state index in [9.17, 15) is 9.59 Å². The van der Waals surface area contributed by atoms with Crippen LogP contribution < -0.4 is 4.90 Å². The summed E-state index contributed by atoms with van der Waals surface area (Å²) in [5.41, 5.74) is 2.95. The number of unbranched alkanes of at least 4 members (excludes halogenated alkanes) is 2. The van der Waals surface area contributed by atoms with Crippen molar-refractivity contribution in [2.75, 3.05) is 43.4 Å². The maximum Gasteiger partial charge on any atom is 0.288 e. The summed E-state index contributed by atoms with van der Waals surface area (Å²) in [5.74, 6) is 0.307. The van der Waals surface area contributed by atoms with Crippen molar-refractivity contribution in [3.63, 3.8) is 0 Å². The number of fused-ring (bicyclic) bond motifs is 3. The molecule has 0 N–H and O–H groups in total. The second-order valence-electron chi connectivity index (χ2n) is 7.48. The number of anilines is 1. The second-order valence-corrected chi connectivity index (χ2v) is 8.40. The Balaban J connectivity index is 0.00000210. The average Bonchev–Trinajstić information content (AvgIpc) is 2.99. The molecule has 0 radical (unpaired) electrons. The Morgan fingerprint density at radius 2 is 1.85 bits per heavy atom. The Kier molecular flexibility index (Phi) is 7.06. The zero-order chi connectivity index (χ0) is 17.9. The summed E-state index contributed by atoms with van der Waals surface area (Å²) < 4.78 is 0. The van der Waals surface area contributed by atoms with Gasteiger partial charge in [-0.25, -0.2) is 0 Å². The summed E-state index contributed by atoms with van der Waals surface area (Å²) in [7, 11) is 0. The molecule has 148 valence electrons. The number of carbonyl (C=O) groups is 2. The van der Waals surface area contributed by atoms with E-state index in [0.29, 0.717) is 18.3 Å². The van der Waals surface area contributed by atoms with Gasteiger partial charge >= 0.3 is 0 Å². The van der Waals surface area contributed by atoms with E-state index in [0.717, 1.165) is 57.2 Å². The molecule has 7 heteroatoms. The van der Waals surface area contributed by atoms with Crippen molar-refractivity contribution in [2.24, 2.45) is 0 Å². The summed E-state index contributed by atoms with van der Waals surface area (Å²) in [6, 6.07) is 9.50. The highest BCUT2D eigenvalue weighted by atomic mass is 35.5. The zero-order valence-corrected chi connectivity index (χ0v) is 17.3. The lowest BCUT2D eigenvalue weighted by atomic mass is 9.94. The number of hydrogen-bond acceptors (Lipinski definition) is 5. The van der Waals surface area contributed by atoms with Gasteiger partial charge in [-0.1, -0.05) is 36.4 Å². The number of aryl methyl sites for hydroxylation is 1. The van der Waals surface area contributed by atoms with Crippen LogP contribution in [0.4, 0.5) is 10.5 Å². The van der Waals surface area contributed by atoms with E-state index < -0.39 is 0 Å². The second kappa shape index (κ2) is 9.30. The molecule has 27 heavy (non-hydrogen) atoms. The number of halogens is 1. The first-order chi connectivity index (χ1) is 12.7. The van der Waals surface area contributed by atoms with Gasteiger partial charge in [0, 0.05) is 37.9 Å². The van der Waals surface area contributed by atoms with Gasteiger partial charge in [-0.15, -0.1) is 12.4 Å². The van der Waals surface area contributed by atoms with Crippen LogP contribution in [0.3, 0.4) is 0 Å². The average molecular weight is 410 g/mol. The molecule has 1 aromatic rings. The first kappa shape index (κ1) is 20.5. The minimum atomic E-state index is -0.0660. The molecule has 0 bridgehead atoms. The van der Waals surface area contributed by atoms with Crippen molar-refractivity contribution in [3.8, 4) is 0 Å². The van der Waals surface area contributed by atoms with Crippen LogP contribution in [-0.4, -0.2) is 65.5 Å². The Morgan fingerprint density at radius 1 is 1.04 bits per heavy atom. The number of rotatable bonds is 6. The van der Waals surface area contributed by atoms with Crippen molar-refractivity contribution in [3.05, 3.63) is 29.8 Å². The minimum Gasteiger partial charge on any atom is -0.366 e. The van der Waals surface area contributed by atoms with Crippen LogP contribution in [0.5, 0.6) is 0 Å². The van der Waals surface area contributed by atoms with E-state index in [2.05, 4.69) is 34.1 Å². The third-order valence-electron chi connectivity index (χ3n) is 5.81. The Hall–Kier alpha value is -1.24. The van der Waals surface area contributed by atoms with Crippen molar-refractivity contribution >= 4 is 41.0 Å². The third-order valence-corrected chi connectivity index (χ3v) is 6.67. The number of para-hydroxylation sites is 1. The van der Waals surface area contributed by atoms with E-state index in [4.69, 9.17) is 0 Å². The van der Waals surface area contributed by atoms with Gasteiger partial charge in [0.05, 0.1) is 5.75 Å². The topological polar surface area (TPSA) is 43.9 Å². The largest absolute Gasteiger partial charge is 0.366 e. The number of nitrogens with zero attached hydrogens (tertiary/aromatic N) is 3. The van der Waals surface area contributed by atoms with Gasteiger partial charge in [-0.05, 0) is 43.9 Å². The van der Waals surface area contributed by atoms with Crippen LogP contribution in [0.2, 0.25) is 0 Å². The predicted octanol–water partition coefficient (Wildman–Crippen LogP) is 3.41. The van der Waals surface area contributed by atoms with Crippen LogP contribution in [-0.2, 0) is 11.2 Å². The van der Waals surface area contributed by atoms with Crippen LogP contribution in [0.1, 0.15) is 31.2 Å². The van der Waals surface area contributed by atoms with Crippen LogP contribution in [0.25, 0.3) is 0 Å². The summed E-state index contributed by atoms with van der Waals surface area (Å²) in [6.07, 6.45) is 5.60. The molecule has 1 atom stereocenters. The van der Waals surface area contributed by atoms with Crippen LogP contribution in [0, 0.1) is 0 Å². The number of piperazine rings is 1. The van der Waals surface area contributed by atoms with Crippen molar-refractivity contribution < 1.29 is 9.59 Å². The summed E-state index contributed by atoms with van der Waals surface area (Å²) in [5, 5.41) is -0.0660. The van der Waals surface area contributed by atoms with Crippen LogP contribution >= 0.6 is 24.2 Å². The van der Waals surface area contributed by atoms with Gasteiger partial charge in [0.15, 0.2) is 0 Å². The Morgan fingerprint density at radius 3 is 2.67 bits per heavy atom. The number of thioether (sulfide) groups is 1. The van der Waals surface area contributed by atoms with E-state index in [1.807, 2.05) is 0 Å². The molecule has 4 rings (SSSR count). The molecule has 0 aromatic heterocycles. The van der Waals surface area contributed by atoms with Gasteiger partial charge in [0.2, 0.25) is 5.91 Å². The standard InChI is InChI=1S/C20H27N3O2S.ClH/c24-19-15-26-20(25)23(19)11-5-1-4-10-21-12-13-22-17(14-21)9-8-16-6-2-3-7-18(16)22;/h2-3,6-7,17H,1,4-5,8-15H2;1H. The molecule has 5 nitrogen and oxygen atoms in total. The van der Waals surface area contributed by atoms with Gasteiger partial charge < -0.3 is 4.90 Å². The van der Waals surface area contributed by atoms with Crippen molar-refractivity contribution in [1.29, 1.82) is 0 Å². The van der Waals surface area contributed by atoms with Gasteiger partial charge in [0.1, 0.15) is 0 Å². The highest BCUT2D eigenvalue weighted by molar-refractivity contribution is 8.14. The normalized spacial score (nSPS) is 22.4. The van der Waals surface area contributed by atoms with Gasteiger partial charge in [0.25, 0.3) is 5.24 Å². The minimum absolute atomic E-state index is 0. The van der Waals surface area contributed by atoms with Gasteiger partial charge in [-0.3, -0.25) is 19.4 Å². The van der Waals surface area contributed by atoms with E-state index in [1.165, 1.54) is 29.0 Å². The molecule has 2 fully saturated rings. The monoisotopic (exact) mass is 409 g/mol. The van der Waals surface area contributed by atoms with E-state index in [-0.39, 0.29) is 23.6 Å². The smallest absolute Gasteiger partial charge is 0.288 e. The number of hydrogen-bond donors (Lipinski definition) is 0. The molecule has 0 saturated carbocycles. The number of imide groups is 1. The molecule has 2 saturated heterocycles. The lowest BCUT2D eigenvalue weighted by molar-refractivity contribution is -0.124. The third kappa shape index (κ3) is 4.61. The van der Waals surface area contributed by atoms with Gasteiger partial charge in [-0.2, -0.15) is 0 Å². The molecular weight excluding hydrogens is 382 g/mol. The Bertz CT molecular complexity index is 671. The lowest BCUT2D eigenvalue weighted by Crippen LogP contribution is -2.55. The highest BCUT2D eigenvalue weighted by Crippen LogP contribution is 2.32.